The zero-order valence-electron chi connectivity index (χ0n) is 11.4. The topological polar surface area (TPSA) is 68.1 Å². The molecule has 1 saturated carbocycles. The van der Waals surface area contributed by atoms with Crippen molar-refractivity contribution in [2.45, 2.75) is 32.2 Å². The van der Waals surface area contributed by atoms with Gasteiger partial charge in [0, 0.05) is 18.3 Å². The van der Waals surface area contributed by atoms with Crippen LogP contribution in [0.5, 0.6) is 0 Å². The third kappa shape index (κ3) is 2.19. The van der Waals surface area contributed by atoms with Gasteiger partial charge in [-0.2, -0.15) is 0 Å². The molecule has 1 N–H and O–H groups in total. The predicted octanol–water partition coefficient (Wildman–Crippen LogP) is 3.74. The molecular formula is C15H17N3O2. The molecule has 0 spiro atoms. The van der Waals surface area contributed by atoms with Crippen LogP contribution in [0.3, 0.4) is 0 Å². The molecule has 1 aromatic heterocycles. The van der Waals surface area contributed by atoms with E-state index in [4.69, 9.17) is 0 Å². The smallest absolute Gasteiger partial charge is 0.278 e. The molecule has 1 aromatic carbocycles. The van der Waals surface area contributed by atoms with Gasteiger partial charge in [0.25, 0.3) is 5.69 Å². The maximum atomic E-state index is 11.1. The Morgan fingerprint density at radius 2 is 2.20 bits per heavy atom. The fraction of sp³-hybridized carbons (Fsp3) is 0.400. The molecule has 2 unspecified atom stereocenters. The average molecular weight is 271 g/mol. The van der Waals surface area contributed by atoms with E-state index in [1.165, 1.54) is 12.8 Å². The van der Waals surface area contributed by atoms with Crippen molar-refractivity contribution in [3.05, 3.63) is 40.6 Å². The van der Waals surface area contributed by atoms with E-state index < -0.39 is 0 Å². The Morgan fingerprint density at radius 3 is 2.90 bits per heavy atom. The molecule has 0 aliphatic heterocycles. The summed E-state index contributed by atoms with van der Waals surface area (Å²) in [5.41, 5.74) is 1.68. The molecule has 1 fully saturated rings. The number of aromatic nitrogens is 1. The van der Waals surface area contributed by atoms with Crippen molar-refractivity contribution >= 4 is 22.3 Å². The highest BCUT2D eigenvalue weighted by Crippen LogP contribution is 2.33. The van der Waals surface area contributed by atoms with Gasteiger partial charge in [-0.15, -0.1) is 0 Å². The van der Waals surface area contributed by atoms with Gasteiger partial charge < -0.3 is 5.32 Å². The molecular weight excluding hydrogens is 254 g/mol. The van der Waals surface area contributed by atoms with Crippen LogP contribution >= 0.6 is 0 Å². The molecule has 2 atom stereocenters. The maximum Gasteiger partial charge on any atom is 0.278 e. The standard InChI is InChI=1S/C15H17N3O2/c1-10-4-2-6-12(10)17-13-7-8-14(18(19)20)11-5-3-9-16-15(11)13/h3,5,7-10,12,17H,2,4,6H2,1H3. The summed E-state index contributed by atoms with van der Waals surface area (Å²) in [6, 6.07) is 7.26. The van der Waals surface area contributed by atoms with Crippen LogP contribution in [0.2, 0.25) is 0 Å². The molecule has 0 bridgehead atoms. The summed E-state index contributed by atoms with van der Waals surface area (Å²) in [7, 11) is 0. The Labute approximate surface area is 117 Å². The minimum Gasteiger partial charge on any atom is -0.380 e. The second-order valence-electron chi connectivity index (χ2n) is 5.45. The van der Waals surface area contributed by atoms with Crippen molar-refractivity contribution in [3.63, 3.8) is 0 Å². The lowest BCUT2D eigenvalue weighted by Crippen LogP contribution is -2.22. The van der Waals surface area contributed by atoms with E-state index in [-0.39, 0.29) is 10.6 Å². The number of nitro benzene ring substituents is 1. The van der Waals surface area contributed by atoms with Crippen molar-refractivity contribution in [1.82, 2.24) is 4.98 Å². The monoisotopic (exact) mass is 271 g/mol. The van der Waals surface area contributed by atoms with Crippen molar-refractivity contribution in [3.8, 4) is 0 Å². The van der Waals surface area contributed by atoms with E-state index in [0.29, 0.717) is 22.9 Å². The Hall–Kier alpha value is -2.17. The number of hydrogen-bond acceptors (Lipinski definition) is 4. The number of nitrogens with zero attached hydrogens (tertiary/aromatic N) is 2. The summed E-state index contributed by atoms with van der Waals surface area (Å²) in [5.74, 6) is 0.629. The molecule has 1 aliphatic rings. The lowest BCUT2D eigenvalue weighted by atomic mass is 10.1. The van der Waals surface area contributed by atoms with Gasteiger partial charge in [0.2, 0.25) is 0 Å². The van der Waals surface area contributed by atoms with Crippen molar-refractivity contribution in [1.29, 1.82) is 0 Å². The molecule has 104 valence electrons. The van der Waals surface area contributed by atoms with Crippen LogP contribution in [-0.2, 0) is 0 Å². The van der Waals surface area contributed by atoms with Crippen molar-refractivity contribution in [2.24, 2.45) is 5.92 Å². The van der Waals surface area contributed by atoms with E-state index in [1.54, 1.807) is 30.5 Å². The van der Waals surface area contributed by atoms with Crippen molar-refractivity contribution in [2.75, 3.05) is 5.32 Å². The normalized spacial score (nSPS) is 22.1. The van der Waals surface area contributed by atoms with E-state index in [9.17, 15) is 10.1 Å². The van der Waals surface area contributed by atoms with E-state index in [1.807, 2.05) is 0 Å². The number of nitrogens with one attached hydrogen (secondary N) is 1. The molecule has 0 saturated heterocycles. The number of hydrogen-bond donors (Lipinski definition) is 1. The second-order valence-corrected chi connectivity index (χ2v) is 5.45. The zero-order valence-corrected chi connectivity index (χ0v) is 11.4. The van der Waals surface area contributed by atoms with Crippen LogP contribution in [-0.4, -0.2) is 15.9 Å². The first kappa shape index (κ1) is 12.8. The fourth-order valence-electron chi connectivity index (χ4n) is 2.99. The third-order valence-electron chi connectivity index (χ3n) is 4.15. The van der Waals surface area contributed by atoms with Crippen LogP contribution in [0.1, 0.15) is 26.2 Å². The Balaban J connectivity index is 2.04. The Bertz CT molecular complexity index is 657. The Kier molecular flexibility index (Phi) is 3.26. The fourth-order valence-corrected chi connectivity index (χ4v) is 2.99. The van der Waals surface area contributed by atoms with Crippen LogP contribution in [0.25, 0.3) is 10.9 Å². The number of rotatable bonds is 3. The molecule has 1 aliphatic carbocycles. The van der Waals surface area contributed by atoms with E-state index >= 15 is 0 Å². The highest BCUT2D eigenvalue weighted by atomic mass is 16.6. The summed E-state index contributed by atoms with van der Waals surface area (Å²) in [5, 5.41) is 15.2. The van der Waals surface area contributed by atoms with Gasteiger partial charge >= 0.3 is 0 Å². The third-order valence-corrected chi connectivity index (χ3v) is 4.15. The molecule has 5 heteroatoms. The maximum absolute atomic E-state index is 11.1. The number of benzene rings is 1. The lowest BCUT2D eigenvalue weighted by molar-refractivity contribution is -0.383. The highest BCUT2D eigenvalue weighted by Gasteiger charge is 2.24. The molecule has 0 amide bonds. The van der Waals surface area contributed by atoms with Gasteiger partial charge in [0.15, 0.2) is 0 Å². The number of fused-ring (bicyclic) bond motifs is 1. The van der Waals surface area contributed by atoms with Gasteiger partial charge in [-0.3, -0.25) is 15.1 Å². The number of anilines is 1. The molecule has 20 heavy (non-hydrogen) atoms. The average Bonchev–Trinajstić information content (AvgIpc) is 2.84. The lowest BCUT2D eigenvalue weighted by Gasteiger charge is -2.19. The minimum atomic E-state index is -0.355. The summed E-state index contributed by atoms with van der Waals surface area (Å²) in [4.78, 5) is 15.0. The minimum absolute atomic E-state index is 0.109. The molecule has 5 nitrogen and oxygen atoms in total. The van der Waals surface area contributed by atoms with Crippen molar-refractivity contribution < 1.29 is 4.92 Å². The van der Waals surface area contributed by atoms with Crippen LogP contribution in [0.4, 0.5) is 11.4 Å². The SMILES string of the molecule is CC1CCCC1Nc1ccc([N+](=O)[O-])c2cccnc12. The summed E-state index contributed by atoms with van der Waals surface area (Å²) in [6.07, 6.45) is 5.29. The van der Waals surface area contributed by atoms with Gasteiger partial charge in [0.1, 0.15) is 5.52 Å². The van der Waals surface area contributed by atoms with E-state index in [0.717, 1.165) is 12.1 Å². The van der Waals surface area contributed by atoms with Gasteiger partial charge in [-0.05, 0) is 37.0 Å². The summed E-state index contributed by atoms with van der Waals surface area (Å²) < 4.78 is 0. The van der Waals surface area contributed by atoms with E-state index in [2.05, 4.69) is 17.2 Å². The first-order chi connectivity index (χ1) is 9.66. The largest absolute Gasteiger partial charge is 0.380 e. The zero-order chi connectivity index (χ0) is 14.1. The molecule has 2 aromatic rings. The summed E-state index contributed by atoms with van der Waals surface area (Å²) >= 11 is 0. The van der Waals surface area contributed by atoms with Gasteiger partial charge in [-0.1, -0.05) is 13.3 Å². The first-order valence-electron chi connectivity index (χ1n) is 6.95. The van der Waals surface area contributed by atoms with Crippen LogP contribution < -0.4 is 5.32 Å². The van der Waals surface area contributed by atoms with Gasteiger partial charge in [0.05, 0.1) is 16.0 Å². The molecule has 3 rings (SSSR count). The summed E-state index contributed by atoms with van der Waals surface area (Å²) in [6.45, 7) is 2.24. The highest BCUT2D eigenvalue weighted by molar-refractivity contribution is 5.96. The number of pyridine rings is 1. The first-order valence-corrected chi connectivity index (χ1v) is 6.95. The molecule has 0 radical (unpaired) electrons. The van der Waals surface area contributed by atoms with Crippen LogP contribution in [0.15, 0.2) is 30.5 Å². The number of nitro groups is 1. The van der Waals surface area contributed by atoms with Crippen LogP contribution in [0, 0.1) is 16.0 Å². The second kappa shape index (κ2) is 5.07. The molecule has 1 heterocycles. The quantitative estimate of drug-likeness (QED) is 0.682. The Morgan fingerprint density at radius 1 is 1.35 bits per heavy atom. The number of non-ortho nitro benzene ring substituents is 1. The predicted molar refractivity (Wildman–Crippen MR) is 78.8 cm³/mol. The van der Waals surface area contributed by atoms with Gasteiger partial charge in [-0.25, -0.2) is 0 Å².